The molecule has 174 valence electrons. The minimum atomic E-state index is 0.508. The van der Waals surface area contributed by atoms with Gasteiger partial charge in [-0.25, -0.2) is 9.97 Å². The molecule has 0 bridgehead atoms. The van der Waals surface area contributed by atoms with Crippen LogP contribution >= 0.6 is 0 Å². The monoisotopic (exact) mass is 446 g/mol. The SMILES string of the molecule is CCCN(C)c1cc(OC)c(Nc2nccc(-c3c4c(n(C)c3C)CCC(C)=C4)n2)cc1N. The van der Waals surface area contributed by atoms with E-state index in [9.17, 15) is 0 Å². The normalized spacial score (nSPS) is 12.8. The van der Waals surface area contributed by atoms with E-state index in [4.69, 9.17) is 15.5 Å². The lowest BCUT2D eigenvalue weighted by Crippen LogP contribution is -2.19. The first-order valence-electron chi connectivity index (χ1n) is 11.5. The molecular weight excluding hydrogens is 412 g/mol. The molecule has 3 N–H and O–H groups in total. The molecule has 2 heterocycles. The highest BCUT2D eigenvalue weighted by molar-refractivity contribution is 5.81. The first-order valence-corrected chi connectivity index (χ1v) is 11.5. The Bertz CT molecular complexity index is 1210. The third kappa shape index (κ3) is 4.27. The van der Waals surface area contributed by atoms with Gasteiger partial charge in [-0.15, -0.1) is 0 Å². The van der Waals surface area contributed by atoms with Crippen LogP contribution in [0.5, 0.6) is 5.75 Å². The van der Waals surface area contributed by atoms with Gasteiger partial charge in [0, 0.05) is 55.4 Å². The number of nitrogens with two attached hydrogens (primary N) is 1. The van der Waals surface area contributed by atoms with Gasteiger partial charge in [0.25, 0.3) is 0 Å². The van der Waals surface area contributed by atoms with E-state index >= 15 is 0 Å². The summed E-state index contributed by atoms with van der Waals surface area (Å²) in [6.07, 6.45) is 7.29. The molecule has 7 nitrogen and oxygen atoms in total. The topological polar surface area (TPSA) is 81.2 Å². The van der Waals surface area contributed by atoms with E-state index in [-0.39, 0.29) is 0 Å². The summed E-state index contributed by atoms with van der Waals surface area (Å²) in [6, 6.07) is 5.82. The van der Waals surface area contributed by atoms with Gasteiger partial charge in [0.15, 0.2) is 0 Å². The standard InChI is InChI=1S/C26H34N6O/c1-7-12-31(4)23-15-24(33-6)21(14-19(23)27)30-26-28-11-10-20(29-26)25-17(3)32(5)22-9-8-16(2)13-18(22)25/h10-11,13-15H,7-9,12,27H2,1-6H3,(H,28,29,30). The van der Waals surface area contributed by atoms with Gasteiger partial charge in [0.1, 0.15) is 5.75 Å². The van der Waals surface area contributed by atoms with E-state index in [1.807, 2.05) is 25.2 Å². The molecule has 0 saturated carbocycles. The summed E-state index contributed by atoms with van der Waals surface area (Å²) < 4.78 is 7.94. The Morgan fingerprint density at radius 3 is 2.76 bits per heavy atom. The van der Waals surface area contributed by atoms with Crippen LogP contribution in [0.15, 0.2) is 30.0 Å². The number of fused-ring (bicyclic) bond motifs is 1. The van der Waals surface area contributed by atoms with Gasteiger partial charge in [-0.1, -0.05) is 18.6 Å². The fourth-order valence-electron chi connectivity index (χ4n) is 4.62. The van der Waals surface area contributed by atoms with Crippen molar-refractivity contribution in [2.75, 3.05) is 36.7 Å². The fourth-order valence-corrected chi connectivity index (χ4v) is 4.62. The number of hydrogen-bond donors (Lipinski definition) is 2. The average Bonchev–Trinajstić information content (AvgIpc) is 3.03. The molecule has 0 atom stereocenters. The second-order valence-electron chi connectivity index (χ2n) is 8.79. The quantitative estimate of drug-likeness (QED) is 0.478. The zero-order valence-electron chi connectivity index (χ0n) is 20.5. The highest BCUT2D eigenvalue weighted by Crippen LogP contribution is 2.38. The Morgan fingerprint density at radius 2 is 2.03 bits per heavy atom. The first-order chi connectivity index (χ1) is 15.8. The van der Waals surface area contributed by atoms with Crippen LogP contribution in [0.3, 0.4) is 0 Å². The van der Waals surface area contributed by atoms with Crippen LogP contribution in [0, 0.1) is 6.92 Å². The molecule has 0 unspecified atom stereocenters. The number of nitrogens with one attached hydrogen (secondary N) is 1. The van der Waals surface area contributed by atoms with Crippen molar-refractivity contribution in [3.8, 4) is 17.0 Å². The molecule has 1 aliphatic rings. The number of rotatable bonds is 7. The number of methoxy groups -OCH3 is 1. The highest BCUT2D eigenvalue weighted by atomic mass is 16.5. The predicted molar refractivity (Wildman–Crippen MR) is 137 cm³/mol. The summed E-state index contributed by atoms with van der Waals surface area (Å²) in [5.41, 5.74) is 16.1. The van der Waals surface area contributed by atoms with Gasteiger partial charge in [-0.05, 0) is 45.2 Å². The maximum Gasteiger partial charge on any atom is 0.227 e. The highest BCUT2D eigenvalue weighted by Gasteiger charge is 2.22. The molecular formula is C26H34N6O. The molecule has 0 fully saturated rings. The second-order valence-corrected chi connectivity index (χ2v) is 8.79. The lowest BCUT2D eigenvalue weighted by atomic mass is 9.94. The number of nitrogens with zero attached hydrogens (tertiary/aromatic N) is 4. The van der Waals surface area contributed by atoms with Crippen molar-refractivity contribution in [1.82, 2.24) is 14.5 Å². The minimum absolute atomic E-state index is 0.508. The zero-order chi connectivity index (χ0) is 23.7. The molecule has 0 saturated heterocycles. The smallest absolute Gasteiger partial charge is 0.227 e. The van der Waals surface area contributed by atoms with Gasteiger partial charge in [0.2, 0.25) is 5.95 Å². The molecule has 2 aromatic heterocycles. The maximum absolute atomic E-state index is 6.38. The summed E-state index contributed by atoms with van der Waals surface area (Å²) in [5, 5.41) is 3.32. The molecule has 0 amide bonds. The van der Waals surface area contributed by atoms with E-state index < -0.39 is 0 Å². The average molecular weight is 447 g/mol. The number of allylic oxidation sites excluding steroid dienone is 1. The van der Waals surface area contributed by atoms with E-state index in [0.717, 1.165) is 42.9 Å². The molecule has 1 aromatic carbocycles. The molecule has 7 heteroatoms. The lowest BCUT2D eigenvalue weighted by Gasteiger charge is -2.22. The van der Waals surface area contributed by atoms with Crippen LogP contribution in [-0.2, 0) is 13.5 Å². The van der Waals surface area contributed by atoms with Gasteiger partial charge in [0.05, 0.1) is 29.9 Å². The van der Waals surface area contributed by atoms with Crippen molar-refractivity contribution in [2.45, 2.75) is 40.0 Å². The van der Waals surface area contributed by atoms with E-state index in [1.54, 1.807) is 13.3 Å². The fraction of sp³-hybridized carbons (Fsp3) is 0.385. The number of hydrogen-bond acceptors (Lipinski definition) is 6. The third-order valence-electron chi connectivity index (χ3n) is 6.47. The number of benzene rings is 1. The Morgan fingerprint density at radius 1 is 1.24 bits per heavy atom. The van der Waals surface area contributed by atoms with E-state index in [0.29, 0.717) is 17.4 Å². The molecule has 1 aliphatic carbocycles. The van der Waals surface area contributed by atoms with Crippen LogP contribution in [0.4, 0.5) is 23.0 Å². The summed E-state index contributed by atoms with van der Waals surface area (Å²) in [5.74, 6) is 1.20. The van der Waals surface area contributed by atoms with Crippen molar-refractivity contribution in [3.63, 3.8) is 0 Å². The van der Waals surface area contributed by atoms with Crippen LogP contribution in [0.25, 0.3) is 17.3 Å². The summed E-state index contributed by atoms with van der Waals surface area (Å²) in [6.45, 7) is 7.41. The van der Waals surface area contributed by atoms with Gasteiger partial charge >= 0.3 is 0 Å². The molecule has 4 rings (SSSR count). The molecule has 0 aliphatic heterocycles. The predicted octanol–water partition coefficient (Wildman–Crippen LogP) is 5.32. The van der Waals surface area contributed by atoms with E-state index in [1.165, 1.54) is 28.1 Å². The van der Waals surface area contributed by atoms with Crippen molar-refractivity contribution in [2.24, 2.45) is 7.05 Å². The maximum atomic E-state index is 6.38. The van der Waals surface area contributed by atoms with Gasteiger partial charge in [-0.3, -0.25) is 0 Å². The number of ether oxygens (including phenoxy) is 1. The van der Waals surface area contributed by atoms with Crippen molar-refractivity contribution < 1.29 is 4.74 Å². The zero-order valence-corrected chi connectivity index (χ0v) is 20.5. The summed E-state index contributed by atoms with van der Waals surface area (Å²) in [4.78, 5) is 11.5. The number of anilines is 4. The molecule has 0 spiro atoms. The summed E-state index contributed by atoms with van der Waals surface area (Å²) in [7, 11) is 5.83. The lowest BCUT2D eigenvalue weighted by molar-refractivity contribution is 0.417. The molecule has 33 heavy (non-hydrogen) atoms. The third-order valence-corrected chi connectivity index (χ3v) is 6.47. The Labute approximate surface area is 196 Å². The summed E-state index contributed by atoms with van der Waals surface area (Å²) >= 11 is 0. The Hall–Kier alpha value is -3.48. The molecule has 0 radical (unpaired) electrons. The van der Waals surface area contributed by atoms with Crippen LogP contribution in [0.1, 0.15) is 43.6 Å². The van der Waals surface area contributed by atoms with E-state index in [2.05, 4.69) is 53.7 Å². The first kappa shape index (κ1) is 22.7. The molecule has 3 aromatic rings. The number of aromatic nitrogens is 3. The largest absolute Gasteiger partial charge is 0.494 e. The van der Waals surface area contributed by atoms with Gasteiger partial charge in [-0.2, -0.15) is 0 Å². The Balaban J connectivity index is 1.71. The van der Waals surface area contributed by atoms with Crippen molar-refractivity contribution >= 4 is 29.1 Å². The second kappa shape index (κ2) is 9.17. The minimum Gasteiger partial charge on any atom is -0.494 e. The van der Waals surface area contributed by atoms with Crippen molar-refractivity contribution in [3.05, 3.63) is 46.9 Å². The van der Waals surface area contributed by atoms with Crippen molar-refractivity contribution in [1.29, 1.82) is 0 Å². The van der Waals surface area contributed by atoms with Gasteiger partial charge < -0.3 is 25.3 Å². The van der Waals surface area contributed by atoms with Crippen LogP contribution in [0.2, 0.25) is 0 Å². The van der Waals surface area contributed by atoms with Crippen LogP contribution < -0.4 is 20.7 Å². The van der Waals surface area contributed by atoms with Crippen LogP contribution in [-0.4, -0.2) is 35.2 Å². The Kier molecular flexibility index (Phi) is 6.31. The number of nitrogen functional groups attached to an aromatic ring is 1.